The lowest BCUT2D eigenvalue weighted by Gasteiger charge is -2.35. The van der Waals surface area contributed by atoms with Crippen LogP contribution < -0.4 is 30.7 Å². The predicted octanol–water partition coefficient (Wildman–Crippen LogP) is 11.2. The molecule has 0 heterocycles. The third-order valence-electron chi connectivity index (χ3n) is 9.53. The average Bonchev–Trinajstić information content (AvgIpc) is 3.10. The SMILES string of the molecule is CC.CCC/C=C\CC(C)(C)CCSNCCCNCCCNCCCCNCCCNCCCNSCCCC(C)(C)CC(C)(C)CCCCC. The van der Waals surface area contributed by atoms with Gasteiger partial charge in [0.15, 0.2) is 0 Å². The van der Waals surface area contributed by atoms with Gasteiger partial charge in [-0.05, 0) is 152 Å². The Hall–Kier alpha value is 0.200. The fourth-order valence-corrected chi connectivity index (χ4v) is 8.41. The van der Waals surface area contributed by atoms with E-state index in [2.05, 4.69) is 98.3 Å². The van der Waals surface area contributed by atoms with Gasteiger partial charge in [0.05, 0.1) is 0 Å². The fraction of sp³-hybridized carbons (Fsp3) is 0.955. The summed E-state index contributed by atoms with van der Waals surface area (Å²) in [5.41, 5.74) is 1.33. The van der Waals surface area contributed by atoms with E-state index in [1.54, 1.807) is 0 Å². The summed E-state index contributed by atoms with van der Waals surface area (Å²) in [5.74, 6) is 2.42. The first-order chi connectivity index (χ1) is 25.0. The summed E-state index contributed by atoms with van der Waals surface area (Å²) in [5, 5.41) is 14.4. The smallest absolute Gasteiger partial charge is 0.00838 e. The standard InChI is InChI=1S/C42H90N6S2.C2H6/c1-9-11-13-15-23-40(3,4)26-38-50-48-36-22-34-46-32-20-30-44-28-17-16-27-43-29-19-31-45-33-21-35-47-49-37-18-25-42(7,8)39-41(5,6)24-14-12-10-2;1-2/h13,15,43-48H,9-12,14,16-39H2,1-8H3;1-2H3/b15-13-;. The molecule has 0 amide bonds. The molecule has 0 aliphatic carbocycles. The second kappa shape index (κ2) is 39.4. The van der Waals surface area contributed by atoms with E-state index in [1.807, 2.05) is 37.7 Å². The summed E-state index contributed by atoms with van der Waals surface area (Å²) in [6, 6.07) is 0. The first-order valence-electron chi connectivity index (χ1n) is 22.2. The number of hydrogen-bond donors (Lipinski definition) is 6. The van der Waals surface area contributed by atoms with Crippen molar-refractivity contribution in [3.63, 3.8) is 0 Å². The zero-order valence-electron chi connectivity index (χ0n) is 37.0. The largest absolute Gasteiger partial charge is 0.317 e. The lowest BCUT2D eigenvalue weighted by molar-refractivity contribution is 0.167. The normalized spacial score (nSPS) is 12.5. The zero-order valence-corrected chi connectivity index (χ0v) is 38.6. The van der Waals surface area contributed by atoms with Gasteiger partial charge >= 0.3 is 0 Å². The van der Waals surface area contributed by atoms with E-state index in [4.69, 9.17) is 0 Å². The van der Waals surface area contributed by atoms with Gasteiger partial charge in [-0.15, -0.1) is 0 Å². The van der Waals surface area contributed by atoms with Crippen LogP contribution in [-0.2, 0) is 0 Å². The van der Waals surface area contributed by atoms with E-state index in [9.17, 15) is 0 Å². The zero-order chi connectivity index (χ0) is 39.1. The molecular formula is C44H96N6S2. The van der Waals surface area contributed by atoms with Crippen molar-refractivity contribution in [2.24, 2.45) is 16.2 Å². The van der Waals surface area contributed by atoms with Gasteiger partial charge < -0.3 is 21.3 Å². The highest BCUT2D eigenvalue weighted by Gasteiger charge is 2.28. The van der Waals surface area contributed by atoms with Gasteiger partial charge in [-0.3, -0.25) is 9.44 Å². The second-order valence-corrected chi connectivity index (χ2v) is 19.0. The van der Waals surface area contributed by atoms with Crippen molar-refractivity contribution in [3.05, 3.63) is 12.2 Å². The van der Waals surface area contributed by atoms with Crippen molar-refractivity contribution in [3.8, 4) is 0 Å². The molecule has 0 radical (unpaired) electrons. The van der Waals surface area contributed by atoms with E-state index in [1.165, 1.54) is 121 Å². The topological polar surface area (TPSA) is 72.2 Å². The molecule has 0 atom stereocenters. The summed E-state index contributed by atoms with van der Waals surface area (Å²) in [6.07, 6.45) is 26.4. The first-order valence-corrected chi connectivity index (χ1v) is 24.2. The Labute approximate surface area is 337 Å². The minimum Gasteiger partial charge on any atom is -0.317 e. The molecule has 0 fully saturated rings. The summed E-state index contributed by atoms with van der Waals surface area (Å²) in [6.45, 7) is 34.4. The molecule has 52 heavy (non-hydrogen) atoms. The summed E-state index contributed by atoms with van der Waals surface area (Å²) in [7, 11) is 0. The van der Waals surface area contributed by atoms with Gasteiger partial charge in [0.1, 0.15) is 0 Å². The molecule has 6 N–H and O–H groups in total. The van der Waals surface area contributed by atoms with Crippen molar-refractivity contribution in [1.29, 1.82) is 0 Å². The minimum atomic E-state index is 0.406. The van der Waals surface area contributed by atoms with Gasteiger partial charge in [0.2, 0.25) is 0 Å². The monoisotopic (exact) mass is 773 g/mol. The van der Waals surface area contributed by atoms with Gasteiger partial charge in [-0.25, -0.2) is 0 Å². The van der Waals surface area contributed by atoms with Crippen LogP contribution in [0.15, 0.2) is 12.2 Å². The van der Waals surface area contributed by atoms with Crippen LogP contribution in [0.5, 0.6) is 0 Å². The number of nitrogens with one attached hydrogen (secondary N) is 6. The Morgan fingerprint density at radius 3 is 1.35 bits per heavy atom. The third kappa shape index (κ3) is 42.9. The van der Waals surface area contributed by atoms with Crippen LogP contribution in [0.25, 0.3) is 0 Å². The number of rotatable bonds is 40. The molecule has 0 bridgehead atoms. The highest BCUT2D eigenvalue weighted by molar-refractivity contribution is 7.97. The number of hydrogen-bond acceptors (Lipinski definition) is 8. The predicted molar refractivity (Wildman–Crippen MR) is 244 cm³/mol. The van der Waals surface area contributed by atoms with E-state index < -0.39 is 0 Å². The quantitative estimate of drug-likeness (QED) is 0.0209. The fourth-order valence-electron chi connectivity index (χ4n) is 6.60. The van der Waals surface area contributed by atoms with Gasteiger partial charge in [0.25, 0.3) is 0 Å². The van der Waals surface area contributed by atoms with Crippen LogP contribution in [0.4, 0.5) is 0 Å². The molecule has 0 aliphatic heterocycles. The van der Waals surface area contributed by atoms with Crippen LogP contribution in [0.3, 0.4) is 0 Å². The Kier molecular flexibility index (Phi) is 41.2. The van der Waals surface area contributed by atoms with Crippen molar-refractivity contribution >= 4 is 23.9 Å². The molecule has 0 spiro atoms. The number of unbranched alkanes of at least 4 members (excludes halogenated alkanes) is 4. The van der Waals surface area contributed by atoms with Crippen molar-refractivity contribution in [1.82, 2.24) is 30.7 Å². The summed E-state index contributed by atoms with van der Waals surface area (Å²) >= 11 is 3.82. The molecular weight excluding hydrogens is 677 g/mol. The molecule has 0 aromatic rings. The molecule has 6 nitrogen and oxygen atoms in total. The van der Waals surface area contributed by atoms with Crippen LogP contribution >= 0.6 is 23.9 Å². The Balaban J connectivity index is 0. The van der Waals surface area contributed by atoms with Crippen LogP contribution in [0, 0.1) is 16.2 Å². The summed E-state index contributed by atoms with van der Waals surface area (Å²) in [4.78, 5) is 0. The maximum absolute atomic E-state index is 3.61. The Morgan fingerprint density at radius 1 is 0.423 bits per heavy atom. The third-order valence-corrected chi connectivity index (χ3v) is 11.2. The average molecular weight is 773 g/mol. The molecule has 0 saturated carbocycles. The molecule has 0 aromatic heterocycles. The lowest BCUT2D eigenvalue weighted by atomic mass is 9.71. The highest BCUT2D eigenvalue weighted by Crippen LogP contribution is 2.40. The Bertz CT molecular complexity index is 732. The maximum atomic E-state index is 3.61. The molecule has 0 unspecified atom stereocenters. The van der Waals surface area contributed by atoms with E-state index in [-0.39, 0.29) is 0 Å². The summed E-state index contributed by atoms with van der Waals surface area (Å²) < 4.78 is 7.12. The number of allylic oxidation sites excluding steroid dienone is 2. The van der Waals surface area contributed by atoms with Crippen LogP contribution in [0.1, 0.15) is 178 Å². The molecule has 0 aliphatic rings. The highest BCUT2D eigenvalue weighted by atomic mass is 32.2. The van der Waals surface area contributed by atoms with Gasteiger partial charge in [0, 0.05) is 24.6 Å². The van der Waals surface area contributed by atoms with Gasteiger partial charge in [-0.1, -0.05) is 131 Å². The van der Waals surface area contributed by atoms with Crippen molar-refractivity contribution in [2.45, 2.75) is 178 Å². The van der Waals surface area contributed by atoms with E-state index >= 15 is 0 Å². The molecule has 0 saturated heterocycles. The Morgan fingerprint density at radius 2 is 0.865 bits per heavy atom. The van der Waals surface area contributed by atoms with Gasteiger partial charge in [-0.2, -0.15) is 0 Å². The molecule has 314 valence electrons. The first kappa shape index (κ1) is 54.3. The maximum Gasteiger partial charge on any atom is 0.00838 e. The lowest BCUT2D eigenvalue weighted by Crippen LogP contribution is -2.26. The van der Waals surface area contributed by atoms with Crippen molar-refractivity contribution < 1.29 is 0 Å². The minimum absolute atomic E-state index is 0.406. The van der Waals surface area contributed by atoms with Crippen LogP contribution in [0.2, 0.25) is 0 Å². The van der Waals surface area contributed by atoms with E-state index in [0.717, 1.165) is 65.4 Å². The second-order valence-electron chi connectivity index (χ2n) is 17.1. The molecule has 8 heteroatoms. The van der Waals surface area contributed by atoms with E-state index in [0.29, 0.717) is 16.2 Å². The van der Waals surface area contributed by atoms with Crippen molar-refractivity contribution in [2.75, 3.05) is 77.0 Å². The molecule has 0 aromatic carbocycles. The molecule has 0 rings (SSSR count). The van der Waals surface area contributed by atoms with Crippen LogP contribution in [-0.4, -0.2) is 77.0 Å².